The Morgan fingerprint density at radius 3 is 2.74 bits per heavy atom. The van der Waals surface area contributed by atoms with E-state index in [4.69, 9.17) is 5.73 Å². The zero-order valence-electron chi connectivity index (χ0n) is 11.0. The van der Waals surface area contributed by atoms with Crippen molar-refractivity contribution in [3.63, 3.8) is 0 Å². The fourth-order valence-electron chi connectivity index (χ4n) is 2.78. The first-order chi connectivity index (χ1) is 8.95. The van der Waals surface area contributed by atoms with Crippen LogP contribution in [0.2, 0.25) is 0 Å². The molecule has 1 aliphatic carbocycles. The van der Waals surface area contributed by atoms with Gasteiger partial charge in [0, 0.05) is 10.5 Å². The molecule has 1 aromatic rings. The van der Waals surface area contributed by atoms with E-state index in [1.165, 1.54) is 0 Å². The minimum Gasteiger partial charge on any atom is -0.327 e. The molecule has 3 atom stereocenters. The molecule has 0 spiro atoms. The van der Waals surface area contributed by atoms with E-state index < -0.39 is 15.1 Å². The van der Waals surface area contributed by atoms with Gasteiger partial charge in [-0.15, -0.1) is 0 Å². The second-order valence-corrected chi connectivity index (χ2v) is 8.37. The van der Waals surface area contributed by atoms with Crippen molar-refractivity contribution >= 4 is 25.8 Å². The normalized spacial score (nSPS) is 28.3. The number of nitrogens with two attached hydrogens (primary N) is 1. The fourth-order valence-corrected chi connectivity index (χ4v) is 5.36. The lowest BCUT2D eigenvalue weighted by Gasteiger charge is -2.33. The first-order valence-corrected chi connectivity index (χ1v) is 9.04. The van der Waals surface area contributed by atoms with Crippen LogP contribution in [0.15, 0.2) is 33.6 Å². The summed E-state index contributed by atoms with van der Waals surface area (Å²) < 4.78 is 26.2. The lowest BCUT2D eigenvalue weighted by Crippen LogP contribution is -2.45. The van der Waals surface area contributed by atoms with Gasteiger partial charge >= 0.3 is 0 Å². The molecule has 0 aromatic heterocycles. The smallest absolute Gasteiger partial charge is 0.182 e. The van der Waals surface area contributed by atoms with Gasteiger partial charge in [-0.25, -0.2) is 8.42 Å². The molecule has 0 bridgehead atoms. The molecule has 2 N–H and O–H groups in total. The fraction of sp³-hybridized carbons (Fsp3) is 0.571. The van der Waals surface area contributed by atoms with Crippen molar-refractivity contribution in [1.82, 2.24) is 0 Å². The van der Waals surface area contributed by atoms with Gasteiger partial charge in [-0.05, 0) is 43.4 Å². The number of hydrogen-bond donors (Lipinski definition) is 1. The molecule has 106 valence electrons. The summed E-state index contributed by atoms with van der Waals surface area (Å²) in [6, 6.07) is 6.66. The zero-order chi connectivity index (χ0) is 14.0. The molecule has 2 rings (SSSR count). The highest BCUT2D eigenvalue weighted by atomic mass is 79.9. The Balaban J connectivity index is 2.32. The highest BCUT2D eigenvalue weighted by molar-refractivity contribution is 9.10. The summed E-state index contributed by atoms with van der Waals surface area (Å²) >= 11 is 3.32. The van der Waals surface area contributed by atoms with Crippen LogP contribution in [-0.4, -0.2) is 19.7 Å². The molecule has 1 aromatic carbocycles. The first kappa shape index (κ1) is 15.0. The van der Waals surface area contributed by atoms with E-state index in [2.05, 4.69) is 22.9 Å². The molecule has 1 fully saturated rings. The van der Waals surface area contributed by atoms with Gasteiger partial charge in [0.05, 0.1) is 10.1 Å². The van der Waals surface area contributed by atoms with E-state index in [1.807, 2.05) is 6.07 Å². The van der Waals surface area contributed by atoms with Gasteiger partial charge in [-0.2, -0.15) is 0 Å². The minimum absolute atomic E-state index is 0.244. The monoisotopic (exact) mass is 345 g/mol. The Bertz CT molecular complexity index is 544. The maximum absolute atomic E-state index is 12.7. The summed E-state index contributed by atoms with van der Waals surface area (Å²) in [6.45, 7) is 2.12. The summed E-state index contributed by atoms with van der Waals surface area (Å²) in [7, 11) is -3.33. The SMILES string of the molecule is CCC1CCC(N)C(S(=O)(=O)c2cccc(Br)c2)C1. The van der Waals surface area contributed by atoms with Crippen LogP contribution in [0.3, 0.4) is 0 Å². The van der Waals surface area contributed by atoms with Gasteiger partial charge in [-0.3, -0.25) is 0 Å². The minimum atomic E-state index is -3.33. The number of sulfone groups is 1. The average Bonchev–Trinajstić information content (AvgIpc) is 2.39. The van der Waals surface area contributed by atoms with Crippen LogP contribution in [0, 0.1) is 5.92 Å². The molecule has 0 radical (unpaired) electrons. The van der Waals surface area contributed by atoms with Gasteiger partial charge < -0.3 is 5.73 Å². The van der Waals surface area contributed by atoms with Crippen molar-refractivity contribution in [2.24, 2.45) is 11.7 Å². The number of rotatable bonds is 3. The molecule has 3 nitrogen and oxygen atoms in total. The van der Waals surface area contributed by atoms with Crippen molar-refractivity contribution in [2.45, 2.75) is 48.8 Å². The largest absolute Gasteiger partial charge is 0.327 e. The number of benzene rings is 1. The molecule has 5 heteroatoms. The Morgan fingerprint density at radius 1 is 1.37 bits per heavy atom. The Labute approximate surface area is 123 Å². The standard InChI is InChI=1S/C14H20BrNO2S/c1-2-10-6-7-13(16)14(8-10)19(17,18)12-5-3-4-11(15)9-12/h3-5,9-10,13-14H,2,6-8,16H2,1H3. The van der Waals surface area contributed by atoms with E-state index in [1.54, 1.807) is 18.2 Å². The molecule has 1 aliphatic rings. The number of halogens is 1. The summed E-state index contributed by atoms with van der Waals surface area (Å²) in [6.07, 6.45) is 3.56. The van der Waals surface area contributed by atoms with Crippen LogP contribution in [-0.2, 0) is 9.84 Å². The lowest BCUT2D eigenvalue weighted by atomic mass is 9.84. The molecule has 0 saturated heterocycles. The Morgan fingerprint density at radius 2 is 2.11 bits per heavy atom. The van der Waals surface area contributed by atoms with Crippen LogP contribution >= 0.6 is 15.9 Å². The highest BCUT2D eigenvalue weighted by Gasteiger charge is 2.37. The van der Waals surface area contributed by atoms with Crippen molar-refractivity contribution in [1.29, 1.82) is 0 Å². The summed E-state index contributed by atoms with van der Waals surface area (Å²) in [5, 5.41) is -0.444. The summed E-state index contributed by atoms with van der Waals surface area (Å²) in [5.41, 5.74) is 6.07. The summed E-state index contributed by atoms with van der Waals surface area (Å²) in [5.74, 6) is 0.478. The maximum atomic E-state index is 12.7. The van der Waals surface area contributed by atoms with Gasteiger partial charge in [-0.1, -0.05) is 35.3 Å². The van der Waals surface area contributed by atoms with E-state index in [-0.39, 0.29) is 6.04 Å². The maximum Gasteiger partial charge on any atom is 0.182 e. The van der Waals surface area contributed by atoms with Crippen molar-refractivity contribution < 1.29 is 8.42 Å². The average molecular weight is 346 g/mol. The zero-order valence-corrected chi connectivity index (χ0v) is 13.5. The topological polar surface area (TPSA) is 60.2 Å². The van der Waals surface area contributed by atoms with Crippen LogP contribution in [0.4, 0.5) is 0 Å². The Hall–Kier alpha value is -0.390. The quantitative estimate of drug-likeness (QED) is 0.915. The molecular formula is C14H20BrNO2S. The van der Waals surface area contributed by atoms with Gasteiger partial charge in [0.2, 0.25) is 0 Å². The van der Waals surface area contributed by atoms with Crippen LogP contribution in [0.25, 0.3) is 0 Å². The number of hydrogen-bond acceptors (Lipinski definition) is 3. The molecule has 3 unspecified atom stereocenters. The van der Waals surface area contributed by atoms with E-state index in [0.717, 1.165) is 23.7 Å². The van der Waals surface area contributed by atoms with Crippen LogP contribution < -0.4 is 5.73 Å². The van der Waals surface area contributed by atoms with E-state index >= 15 is 0 Å². The first-order valence-electron chi connectivity index (χ1n) is 6.70. The summed E-state index contributed by atoms with van der Waals surface area (Å²) in [4.78, 5) is 0.374. The van der Waals surface area contributed by atoms with Gasteiger partial charge in [0.1, 0.15) is 0 Å². The van der Waals surface area contributed by atoms with Crippen molar-refractivity contribution in [3.05, 3.63) is 28.7 Å². The predicted molar refractivity (Wildman–Crippen MR) is 80.7 cm³/mol. The third-order valence-electron chi connectivity index (χ3n) is 4.05. The Kier molecular flexibility index (Phi) is 4.69. The molecule has 19 heavy (non-hydrogen) atoms. The van der Waals surface area contributed by atoms with Gasteiger partial charge in [0.15, 0.2) is 9.84 Å². The molecule has 1 saturated carbocycles. The highest BCUT2D eigenvalue weighted by Crippen LogP contribution is 2.33. The van der Waals surface area contributed by atoms with Gasteiger partial charge in [0.25, 0.3) is 0 Å². The second-order valence-electron chi connectivity index (χ2n) is 5.29. The second kappa shape index (κ2) is 5.94. The molecule has 0 heterocycles. The molecular weight excluding hydrogens is 326 g/mol. The molecule has 0 aliphatic heterocycles. The predicted octanol–water partition coefficient (Wildman–Crippen LogP) is 3.13. The third-order valence-corrected chi connectivity index (χ3v) is 6.80. The molecule has 0 amide bonds. The lowest BCUT2D eigenvalue weighted by molar-refractivity contribution is 0.319. The van der Waals surface area contributed by atoms with Crippen molar-refractivity contribution in [2.75, 3.05) is 0 Å². The van der Waals surface area contributed by atoms with Crippen molar-refractivity contribution in [3.8, 4) is 0 Å². The van der Waals surface area contributed by atoms with E-state index in [9.17, 15) is 8.42 Å². The van der Waals surface area contributed by atoms with Crippen LogP contribution in [0.1, 0.15) is 32.6 Å². The van der Waals surface area contributed by atoms with E-state index in [0.29, 0.717) is 17.2 Å². The third kappa shape index (κ3) is 3.20. The van der Waals surface area contributed by atoms with Crippen LogP contribution in [0.5, 0.6) is 0 Å².